The topological polar surface area (TPSA) is 82.5 Å². The van der Waals surface area contributed by atoms with E-state index in [9.17, 15) is 19.8 Å². The van der Waals surface area contributed by atoms with Gasteiger partial charge in [0, 0.05) is 31.8 Å². The Kier molecular flexibility index (Phi) is 2.98. The lowest BCUT2D eigenvalue weighted by Gasteiger charge is -2.14. The lowest BCUT2D eigenvalue weighted by molar-refractivity contribution is 0.0964. The molecule has 0 spiro atoms. The summed E-state index contributed by atoms with van der Waals surface area (Å²) in [6.07, 6.45) is 2.81. The zero-order chi connectivity index (χ0) is 15.3. The number of aliphatic hydroxyl groups is 2. The van der Waals surface area contributed by atoms with E-state index in [1.165, 1.54) is 16.7 Å². The number of hydrogen-bond acceptors (Lipinski definition) is 5. The summed E-state index contributed by atoms with van der Waals surface area (Å²) in [6, 6.07) is 0. The van der Waals surface area contributed by atoms with Gasteiger partial charge >= 0.3 is 0 Å². The molecule has 1 aromatic heterocycles. The number of rotatable bonds is 3. The lowest BCUT2D eigenvalue weighted by Crippen LogP contribution is -2.22. The van der Waals surface area contributed by atoms with Crippen LogP contribution in [0.2, 0.25) is 0 Å². The average Bonchev–Trinajstić information content (AvgIpc) is 3.25. The molecule has 2 aliphatic rings. The molecule has 3 rings (SSSR count). The number of allylic oxidation sites excluding steroid dienone is 3. The van der Waals surface area contributed by atoms with Gasteiger partial charge in [-0.05, 0) is 13.0 Å². The summed E-state index contributed by atoms with van der Waals surface area (Å²) in [5.74, 6) is -0.611. The molecular weight excluding hydrogens is 272 g/mol. The smallest absolute Gasteiger partial charge is 0.211 e. The Bertz CT molecular complexity index is 721. The second-order valence-corrected chi connectivity index (χ2v) is 5.15. The van der Waals surface area contributed by atoms with Gasteiger partial charge in [0.25, 0.3) is 0 Å². The molecule has 2 heterocycles. The highest BCUT2D eigenvalue weighted by atomic mass is 16.3. The van der Waals surface area contributed by atoms with Gasteiger partial charge in [-0.25, -0.2) is 0 Å². The number of nitrogens with zero attached hydrogens (tertiary/aromatic N) is 2. The first-order chi connectivity index (χ1) is 10.0. The number of ketones is 2. The zero-order valence-corrected chi connectivity index (χ0v) is 11.9. The molecule has 6 nitrogen and oxygen atoms in total. The van der Waals surface area contributed by atoms with Crippen molar-refractivity contribution in [3.8, 4) is 0 Å². The molecule has 1 aliphatic carbocycles. The minimum Gasteiger partial charge on any atom is -0.506 e. The van der Waals surface area contributed by atoms with Crippen LogP contribution >= 0.6 is 0 Å². The first-order valence-electron chi connectivity index (χ1n) is 6.75. The van der Waals surface area contributed by atoms with Gasteiger partial charge in [-0.1, -0.05) is 0 Å². The third-order valence-corrected chi connectivity index (χ3v) is 3.92. The molecule has 0 aromatic carbocycles. The fraction of sp³-hybridized carbons (Fsp3) is 0.333. The average molecular weight is 288 g/mol. The zero-order valence-electron chi connectivity index (χ0n) is 11.9. The van der Waals surface area contributed by atoms with Gasteiger partial charge in [-0.2, -0.15) is 0 Å². The minimum atomic E-state index is -0.414. The monoisotopic (exact) mass is 288 g/mol. The van der Waals surface area contributed by atoms with E-state index in [0.29, 0.717) is 17.0 Å². The van der Waals surface area contributed by atoms with Crippen LogP contribution in [0.5, 0.6) is 0 Å². The molecular formula is C15H16N2O4. The van der Waals surface area contributed by atoms with Crippen LogP contribution < -0.4 is 0 Å². The van der Waals surface area contributed by atoms with E-state index in [4.69, 9.17) is 0 Å². The second kappa shape index (κ2) is 4.60. The van der Waals surface area contributed by atoms with Crippen LogP contribution in [0.4, 0.5) is 0 Å². The molecule has 1 aliphatic heterocycles. The molecule has 0 saturated carbocycles. The predicted molar refractivity (Wildman–Crippen MR) is 75.9 cm³/mol. The van der Waals surface area contributed by atoms with E-state index in [1.807, 2.05) is 4.90 Å². The second-order valence-electron chi connectivity index (χ2n) is 5.15. The Morgan fingerprint density at radius 2 is 2.05 bits per heavy atom. The van der Waals surface area contributed by atoms with Gasteiger partial charge in [0.1, 0.15) is 11.5 Å². The van der Waals surface area contributed by atoms with Crippen LogP contribution in [0.1, 0.15) is 39.0 Å². The van der Waals surface area contributed by atoms with Crippen molar-refractivity contribution >= 4 is 17.3 Å². The van der Waals surface area contributed by atoms with Crippen molar-refractivity contribution in [2.45, 2.75) is 13.5 Å². The van der Waals surface area contributed by atoms with E-state index in [1.54, 1.807) is 14.0 Å². The molecule has 2 N–H and O–H groups in total. The number of carbonyl (C=O) groups excluding carboxylic acids is 2. The number of aromatic nitrogens is 1. The molecule has 0 amide bonds. The van der Waals surface area contributed by atoms with Crippen molar-refractivity contribution in [3.05, 3.63) is 40.4 Å². The molecule has 0 radical (unpaired) electrons. The van der Waals surface area contributed by atoms with Gasteiger partial charge in [0.05, 0.1) is 23.6 Å². The molecule has 0 bridgehead atoms. The van der Waals surface area contributed by atoms with Crippen LogP contribution in [-0.4, -0.2) is 44.3 Å². The Hall–Kier alpha value is -2.34. The van der Waals surface area contributed by atoms with Crippen LogP contribution in [0.15, 0.2) is 17.8 Å². The maximum absolute atomic E-state index is 12.6. The maximum atomic E-state index is 12.6. The largest absolute Gasteiger partial charge is 0.506 e. The van der Waals surface area contributed by atoms with Gasteiger partial charge in [-0.3, -0.25) is 9.59 Å². The fourth-order valence-corrected chi connectivity index (χ4v) is 2.81. The number of carbonyl (C=O) groups is 2. The van der Waals surface area contributed by atoms with Crippen LogP contribution in [0.3, 0.4) is 0 Å². The number of hydrogen-bond donors (Lipinski definition) is 2. The molecule has 1 aromatic rings. The summed E-state index contributed by atoms with van der Waals surface area (Å²) < 4.78 is 1.48. The first kappa shape index (κ1) is 13.6. The van der Waals surface area contributed by atoms with Crippen LogP contribution in [0, 0.1) is 0 Å². The Morgan fingerprint density at radius 3 is 2.57 bits per heavy atom. The van der Waals surface area contributed by atoms with Crippen molar-refractivity contribution in [1.82, 2.24) is 9.47 Å². The highest BCUT2D eigenvalue weighted by Gasteiger charge is 2.38. The Morgan fingerprint density at radius 1 is 1.38 bits per heavy atom. The fourth-order valence-electron chi connectivity index (χ4n) is 2.81. The first-order valence-corrected chi connectivity index (χ1v) is 6.75. The highest BCUT2D eigenvalue weighted by Crippen LogP contribution is 2.34. The van der Waals surface area contributed by atoms with Gasteiger partial charge in [0.15, 0.2) is 0 Å². The van der Waals surface area contributed by atoms with Crippen LogP contribution in [0.25, 0.3) is 5.76 Å². The van der Waals surface area contributed by atoms with E-state index in [0.717, 1.165) is 13.1 Å². The molecule has 1 fully saturated rings. The molecule has 21 heavy (non-hydrogen) atoms. The van der Waals surface area contributed by atoms with Crippen LogP contribution in [-0.2, 0) is 13.7 Å². The number of Topliss-reactive ketones (excluding diaryl/α,β-unsaturated/α-hetero) is 1. The normalized spacial score (nSPS) is 18.0. The lowest BCUT2D eigenvalue weighted by atomic mass is 9.95. The number of fused-ring (bicyclic) bond motifs is 1. The quantitative estimate of drug-likeness (QED) is 0.641. The number of aliphatic hydroxyl groups excluding tert-OH is 2. The summed E-state index contributed by atoms with van der Waals surface area (Å²) in [5, 5.41) is 19.6. The molecule has 110 valence electrons. The van der Waals surface area contributed by atoms with Gasteiger partial charge in [0.2, 0.25) is 11.6 Å². The van der Waals surface area contributed by atoms with E-state index in [-0.39, 0.29) is 28.6 Å². The predicted octanol–water partition coefficient (Wildman–Crippen LogP) is 1.01. The van der Waals surface area contributed by atoms with Gasteiger partial charge < -0.3 is 19.7 Å². The van der Waals surface area contributed by atoms with Crippen molar-refractivity contribution in [3.63, 3.8) is 0 Å². The van der Waals surface area contributed by atoms with Gasteiger partial charge in [-0.15, -0.1) is 0 Å². The Balaban J connectivity index is 2.27. The SMILES string of the molecule is CC=C(O)c1c(CO)c2c(n1C)C(=O)C=C(N1CC1)C2=O. The van der Waals surface area contributed by atoms with E-state index < -0.39 is 6.61 Å². The van der Waals surface area contributed by atoms with Crippen molar-refractivity contribution in [2.24, 2.45) is 7.05 Å². The summed E-state index contributed by atoms with van der Waals surface area (Å²) in [7, 11) is 1.61. The molecule has 0 atom stereocenters. The summed E-state index contributed by atoms with van der Waals surface area (Å²) >= 11 is 0. The van der Waals surface area contributed by atoms with Crippen molar-refractivity contribution in [1.29, 1.82) is 0 Å². The van der Waals surface area contributed by atoms with E-state index in [2.05, 4.69) is 0 Å². The van der Waals surface area contributed by atoms with Crippen molar-refractivity contribution in [2.75, 3.05) is 13.1 Å². The third kappa shape index (κ3) is 1.83. The molecule has 6 heteroatoms. The van der Waals surface area contributed by atoms with Crippen molar-refractivity contribution < 1.29 is 19.8 Å². The minimum absolute atomic E-state index is 0.0650. The summed E-state index contributed by atoms with van der Waals surface area (Å²) in [6.45, 7) is 2.75. The molecule has 0 unspecified atom stereocenters. The maximum Gasteiger partial charge on any atom is 0.211 e. The standard InChI is InChI=1S/C15H16N2O4/c1-3-10(19)13-8(7-18)12-14(16(13)2)11(20)6-9(15(12)21)17-4-5-17/h3,6,18-19H,4-5,7H2,1-2H3. The summed E-state index contributed by atoms with van der Waals surface area (Å²) in [4.78, 5) is 26.8. The summed E-state index contributed by atoms with van der Waals surface area (Å²) in [5.41, 5.74) is 1.41. The Labute approximate surface area is 121 Å². The third-order valence-electron chi connectivity index (χ3n) is 3.92. The molecule has 1 saturated heterocycles. The highest BCUT2D eigenvalue weighted by molar-refractivity contribution is 6.25. The van der Waals surface area contributed by atoms with E-state index >= 15 is 0 Å².